The summed E-state index contributed by atoms with van der Waals surface area (Å²) < 4.78 is 36.2. The quantitative estimate of drug-likeness (QED) is 0.420. The lowest BCUT2D eigenvalue weighted by Gasteiger charge is -2.25. The number of rotatable bonds is 5. The summed E-state index contributed by atoms with van der Waals surface area (Å²) in [7, 11) is 1.54. The first-order chi connectivity index (χ1) is 9.24. The van der Waals surface area contributed by atoms with Gasteiger partial charge in [0.2, 0.25) is 0 Å². The van der Waals surface area contributed by atoms with Gasteiger partial charge < -0.3 is 10.6 Å². The van der Waals surface area contributed by atoms with E-state index >= 15 is 0 Å². The van der Waals surface area contributed by atoms with Gasteiger partial charge in [-0.25, -0.2) is 0 Å². The number of aliphatic imine (C=N–C) groups is 1. The van der Waals surface area contributed by atoms with Crippen LogP contribution >= 0.6 is 35.3 Å². The maximum absolute atomic E-state index is 12.1. The van der Waals surface area contributed by atoms with E-state index in [2.05, 4.69) is 29.5 Å². The summed E-state index contributed by atoms with van der Waals surface area (Å²) in [5.74, 6) is 0.388. The van der Waals surface area contributed by atoms with Crippen LogP contribution in [-0.4, -0.2) is 32.3 Å². The third-order valence-corrected chi connectivity index (χ3v) is 4.05. The Bertz CT molecular complexity index is 430. The lowest BCUT2D eigenvalue weighted by molar-refractivity contribution is -0.132. The lowest BCUT2D eigenvalue weighted by Crippen LogP contribution is -2.44. The number of thiophene rings is 1. The van der Waals surface area contributed by atoms with Gasteiger partial charge in [0.15, 0.2) is 5.96 Å². The summed E-state index contributed by atoms with van der Waals surface area (Å²) in [6.07, 6.45) is -5.02. The summed E-state index contributed by atoms with van der Waals surface area (Å²) in [6, 6.07) is 4.03. The van der Waals surface area contributed by atoms with Gasteiger partial charge in [0.05, 0.1) is 6.42 Å². The maximum atomic E-state index is 12.1. The van der Waals surface area contributed by atoms with Crippen LogP contribution in [0.15, 0.2) is 22.5 Å². The van der Waals surface area contributed by atoms with Crippen LogP contribution in [0.2, 0.25) is 0 Å². The van der Waals surface area contributed by atoms with Crippen molar-refractivity contribution in [3.05, 3.63) is 22.4 Å². The average Bonchev–Trinajstić information content (AvgIpc) is 2.86. The number of nitrogens with one attached hydrogen (secondary N) is 2. The molecule has 0 amide bonds. The first kappa shape index (κ1) is 20.5. The summed E-state index contributed by atoms with van der Waals surface area (Å²) in [5.41, 5.74) is -0.101. The molecule has 3 nitrogen and oxygen atoms in total. The van der Waals surface area contributed by atoms with Crippen LogP contribution in [0.3, 0.4) is 0 Å². The van der Waals surface area contributed by atoms with Crippen molar-refractivity contribution in [2.75, 3.05) is 20.1 Å². The van der Waals surface area contributed by atoms with Gasteiger partial charge in [-0.3, -0.25) is 4.99 Å². The Morgan fingerprint density at radius 1 is 1.29 bits per heavy atom. The van der Waals surface area contributed by atoms with E-state index < -0.39 is 12.6 Å². The lowest BCUT2D eigenvalue weighted by atomic mass is 9.91. The second-order valence-corrected chi connectivity index (χ2v) is 6.03. The Kier molecular flexibility index (Phi) is 8.60. The minimum atomic E-state index is -4.15. The summed E-state index contributed by atoms with van der Waals surface area (Å²) in [6.45, 7) is 4.57. The monoisotopic (exact) mass is 435 g/mol. The molecule has 0 aliphatic rings. The van der Waals surface area contributed by atoms with Crippen LogP contribution in [0.4, 0.5) is 13.2 Å². The number of alkyl halides is 3. The smallest absolute Gasteiger partial charge is 0.356 e. The van der Waals surface area contributed by atoms with Crippen molar-refractivity contribution in [2.24, 2.45) is 4.99 Å². The molecule has 21 heavy (non-hydrogen) atoms. The largest absolute Gasteiger partial charge is 0.390 e. The van der Waals surface area contributed by atoms with E-state index in [1.165, 1.54) is 4.88 Å². The van der Waals surface area contributed by atoms with Gasteiger partial charge in [0.1, 0.15) is 0 Å². The zero-order valence-electron chi connectivity index (χ0n) is 12.3. The predicted molar refractivity (Wildman–Crippen MR) is 92.8 cm³/mol. The predicted octanol–water partition coefficient (Wildman–Crippen LogP) is 3.76. The van der Waals surface area contributed by atoms with E-state index in [0.717, 1.165) is 0 Å². The molecule has 122 valence electrons. The van der Waals surface area contributed by atoms with E-state index in [9.17, 15) is 13.2 Å². The fourth-order valence-corrected chi connectivity index (χ4v) is 2.45. The molecule has 0 unspecified atom stereocenters. The Morgan fingerprint density at radius 2 is 1.95 bits per heavy atom. The summed E-state index contributed by atoms with van der Waals surface area (Å²) >= 11 is 1.66. The second-order valence-electron chi connectivity index (χ2n) is 5.08. The standard InChI is InChI=1S/C13H20F3N3S.HI/c1-12(2,10-5-4-8-20-10)9-19-11(17-3)18-7-6-13(14,15)16;/h4-5,8H,6-7,9H2,1-3H3,(H2,17,18,19);1H. The van der Waals surface area contributed by atoms with Crippen LogP contribution in [0.25, 0.3) is 0 Å². The zero-order valence-corrected chi connectivity index (χ0v) is 15.4. The van der Waals surface area contributed by atoms with Crippen molar-refractivity contribution in [2.45, 2.75) is 31.9 Å². The molecule has 1 aromatic rings. The van der Waals surface area contributed by atoms with Crippen molar-refractivity contribution in [1.82, 2.24) is 10.6 Å². The van der Waals surface area contributed by atoms with Gasteiger partial charge in [-0.2, -0.15) is 13.2 Å². The summed E-state index contributed by atoms with van der Waals surface area (Å²) in [5, 5.41) is 7.74. The van der Waals surface area contributed by atoms with Crippen LogP contribution in [0.1, 0.15) is 25.1 Å². The molecule has 0 atom stereocenters. The molecule has 0 aromatic carbocycles. The molecule has 0 spiro atoms. The highest BCUT2D eigenvalue weighted by Crippen LogP contribution is 2.26. The second kappa shape index (κ2) is 8.82. The van der Waals surface area contributed by atoms with Gasteiger partial charge >= 0.3 is 6.18 Å². The zero-order chi connectivity index (χ0) is 15.2. The molecule has 0 saturated heterocycles. The van der Waals surface area contributed by atoms with E-state index in [4.69, 9.17) is 0 Å². The third kappa shape index (κ3) is 7.89. The number of hydrogen-bond donors (Lipinski definition) is 2. The minimum Gasteiger partial charge on any atom is -0.356 e. The maximum Gasteiger partial charge on any atom is 0.390 e. The molecular formula is C13H21F3IN3S. The van der Waals surface area contributed by atoms with Gasteiger partial charge in [0.25, 0.3) is 0 Å². The van der Waals surface area contributed by atoms with E-state index in [1.807, 2.05) is 17.5 Å². The number of nitrogens with zero attached hydrogens (tertiary/aromatic N) is 1. The molecular weight excluding hydrogens is 414 g/mol. The fraction of sp³-hybridized carbons (Fsp3) is 0.615. The molecule has 1 aromatic heterocycles. The SMILES string of the molecule is CN=C(NCCC(F)(F)F)NCC(C)(C)c1cccs1.I. The van der Waals surface area contributed by atoms with Crippen LogP contribution in [0, 0.1) is 0 Å². The molecule has 8 heteroatoms. The molecule has 1 heterocycles. The highest BCUT2D eigenvalue weighted by molar-refractivity contribution is 14.0. The van der Waals surface area contributed by atoms with E-state index in [-0.39, 0.29) is 35.9 Å². The minimum absolute atomic E-state index is 0. The van der Waals surface area contributed by atoms with Gasteiger partial charge in [-0.1, -0.05) is 19.9 Å². The van der Waals surface area contributed by atoms with Crippen LogP contribution in [-0.2, 0) is 5.41 Å². The van der Waals surface area contributed by atoms with Gasteiger partial charge in [-0.15, -0.1) is 35.3 Å². The number of hydrogen-bond acceptors (Lipinski definition) is 2. The molecule has 0 bridgehead atoms. The molecule has 0 aliphatic heterocycles. The molecule has 1 rings (SSSR count). The number of halogens is 4. The first-order valence-electron chi connectivity index (χ1n) is 6.30. The summed E-state index contributed by atoms with van der Waals surface area (Å²) in [4.78, 5) is 5.14. The van der Waals surface area contributed by atoms with Gasteiger partial charge in [-0.05, 0) is 11.4 Å². The van der Waals surface area contributed by atoms with Gasteiger partial charge in [0, 0.05) is 30.4 Å². The topological polar surface area (TPSA) is 36.4 Å². The highest BCUT2D eigenvalue weighted by Gasteiger charge is 2.26. The molecule has 0 fully saturated rings. The molecule has 0 saturated carbocycles. The van der Waals surface area contributed by atoms with Crippen molar-refractivity contribution in [1.29, 1.82) is 0 Å². The normalized spacial score (nSPS) is 12.8. The Balaban J connectivity index is 0.00000400. The van der Waals surface area contributed by atoms with Crippen molar-refractivity contribution < 1.29 is 13.2 Å². The van der Waals surface area contributed by atoms with Crippen molar-refractivity contribution >= 4 is 41.3 Å². The van der Waals surface area contributed by atoms with Crippen molar-refractivity contribution in [3.8, 4) is 0 Å². The fourth-order valence-electron chi connectivity index (χ4n) is 1.60. The highest BCUT2D eigenvalue weighted by atomic mass is 127. The van der Waals surface area contributed by atoms with Crippen molar-refractivity contribution in [3.63, 3.8) is 0 Å². The van der Waals surface area contributed by atoms with E-state index in [1.54, 1.807) is 18.4 Å². The Hall–Kier alpha value is -0.510. The average molecular weight is 435 g/mol. The van der Waals surface area contributed by atoms with Crippen LogP contribution in [0.5, 0.6) is 0 Å². The third-order valence-electron chi connectivity index (χ3n) is 2.81. The Labute approximate surface area is 144 Å². The first-order valence-corrected chi connectivity index (χ1v) is 7.18. The van der Waals surface area contributed by atoms with Crippen LogP contribution < -0.4 is 10.6 Å². The molecule has 2 N–H and O–H groups in total. The Morgan fingerprint density at radius 3 is 2.43 bits per heavy atom. The van der Waals surface area contributed by atoms with E-state index in [0.29, 0.717) is 12.5 Å². The molecule has 0 radical (unpaired) electrons. The number of guanidine groups is 1. The molecule has 0 aliphatic carbocycles.